The van der Waals surface area contributed by atoms with Crippen molar-refractivity contribution in [2.75, 3.05) is 19.6 Å². The Morgan fingerprint density at radius 1 is 1.45 bits per heavy atom. The molecule has 1 fully saturated rings. The van der Waals surface area contributed by atoms with Crippen LogP contribution in [0.25, 0.3) is 0 Å². The van der Waals surface area contributed by atoms with Crippen LogP contribution in [0.1, 0.15) is 26.2 Å². The number of hydrogen-bond donors (Lipinski definition) is 1. The Morgan fingerprint density at radius 2 is 2.20 bits per heavy atom. The van der Waals surface area contributed by atoms with E-state index in [0.717, 1.165) is 32.5 Å². The lowest BCUT2D eigenvalue weighted by Gasteiger charge is -2.32. The molecule has 1 aliphatic heterocycles. The topological polar surface area (TPSA) is 50.2 Å². The van der Waals surface area contributed by atoms with Crippen LogP contribution in [0, 0.1) is 0 Å². The van der Waals surface area contributed by atoms with Gasteiger partial charge in [0.05, 0.1) is 6.33 Å². The van der Waals surface area contributed by atoms with Gasteiger partial charge in [-0.25, -0.2) is 4.98 Å². The summed E-state index contributed by atoms with van der Waals surface area (Å²) in [6.07, 6.45) is 7.93. The number of piperidine rings is 1. The number of carbonyl (C=O) groups excluding carboxylic acids is 1. The molecule has 1 aromatic rings. The molecule has 0 spiro atoms. The first-order valence-electron chi connectivity index (χ1n) is 7.25. The van der Waals surface area contributed by atoms with Crippen molar-refractivity contribution in [2.45, 2.75) is 38.8 Å². The van der Waals surface area contributed by atoms with Crippen molar-refractivity contribution in [3.8, 4) is 0 Å². The lowest BCUT2D eigenvalue weighted by molar-refractivity contribution is -0.122. The number of hydrogen-bond acceptors (Lipinski definition) is 3. The number of carbonyl (C=O) groups is 1. The second kappa shape index (κ2) is 7.24. The van der Waals surface area contributed by atoms with Gasteiger partial charge in [0.1, 0.15) is 0 Å². The van der Waals surface area contributed by atoms with Crippen LogP contribution in [-0.2, 0) is 11.3 Å². The van der Waals surface area contributed by atoms with E-state index in [1.807, 2.05) is 10.8 Å². The molecule has 0 bridgehead atoms. The van der Waals surface area contributed by atoms with E-state index in [1.54, 1.807) is 12.5 Å². The maximum Gasteiger partial charge on any atom is 0.222 e. The number of nitrogens with one attached hydrogen (secondary N) is 1. The molecule has 5 heteroatoms. The third-order valence-corrected chi connectivity index (χ3v) is 3.60. The van der Waals surface area contributed by atoms with E-state index >= 15 is 0 Å². The van der Waals surface area contributed by atoms with Crippen molar-refractivity contribution in [3.63, 3.8) is 0 Å². The summed E-state index contributed by atoms with van der Waals surface area (Å²) in [7, 11) is 0. The Hall–Kier alpha value is -1.62. The number of imidazole rings is 1. The van der Waals surface area contributed by atoms with Gasteiger partial charge in [-0.1, -0.05) is 12.2 Å². The molecular weight excluding hydrogens is 252 g/mol. The zero-order valence-corrected chi connectivity index (χ0v) is 12.2. The molecule has 0 aromatic carbocycles. The number of aromatic nitrogens is 2. The van der Waals surface area contributed by atoms with Crippen LogP contribution in [0.5, 0.6) is 0 Å². The fourth-order valence-corrected chi connectivity index (χ4v) is 2.57. The molecule has 0 saturated carbocycles. The number of aryl methyl sites for hydroxylation is 1. The molecule has 1 saturated heterocycles. The third kappa shape index (κ3) is 4.81. The SMILES string of the molecule is C=C(C)CN1CCC(NC(=O)CCn2ccnc2)CC1. The highest BCUT2D eigenvalue weighted by Crippen LogP contribution is 2.11. The van der Waals surface area contributed by atoms with Crippen LogP contribution >= 0.6 is 0 Å². The molecule has 5 nitrogen and oxygen atoms in total. The van der Waals surface area contributed by atoms with E-state index in [9.17, 15) is 4.79 Å². The molecule has 0 radical (unpaired) electrons. The molecule has 1 aliphatic rings. The summed E-state index contributed by atoms with van der Waals surface area (Å²) in [5.41, 5.74) is 1.20. The van der Waals surface area contributed by atoms with Gasteiger partial charge in [0.25, 0.3) is 0 Å². The summed E-state index contributed by atoms with van der Waals surface area (Å²) >= 11 is 0. The van der Waals surface area contributed by atoms with Gasteiger partial charge in [0.2, 0.25) is 5.91 Å². The molecule has 1 amide bonds. The first kappa shape index (κ1) is 14.8. The molecule has 0 atom stereocenters. The van der Waals surface area contributed by atoms with E-state index in [4.69, 9.17) is 0 Å². The zero-order chi connectivity index (χ0) is 14.4. The van der Waals surface area contributed by atoms with Crippen molar-refractivity contribution in [3.05, 3.63) is 30.9 Å². The lowest BCUT2D eigenvalue weighted by Crippen LogP contribution is -2.45. The largest absolute Gasteiger partial charge is 0.353 e. The molecule has 0 aliphatic carbocycles. The van der Waals surface area contributed by atoms with E-state index in [2.05, 4.69) is 28.7 Å². The lowest BCUT2D eigenvalue weighted by atomic mass is 10.0. The predicted molar refractivity (Wildman–Crippen MR) is 79.3 cm³/mol. The Labute approximate surface area is 120 Å². The first-order valence-corrected chi connectivity index (χ1v) is 7.25. The summed E-state index contributed by atoms with van der Waals surface area (Å²) in [5.74, 6) is 0.136. The summed E-state index contributed by atoms with van der Waals surface area (Å²) in [6, 6.07) is 0.326. The van der Waals surface area contributed by atoms with E-state index < -0.39 is 0 Å². The summed E-state index contributed by atoms with van der Waals surface area (Å²) < 4.78 is 1.93. The minimum Gasteiger partial charge on any atom is -0.353 e. The zero-order valence-electron chi connectivity index (χ0n) is 12.2. The van der Waals surface area contributed by atoms with Crippen molar-refractivity contribution in [1.29, 1.82) is 0 Å². The minimum atomic E-state index is 0.136. The van der Waals surface area contributed by atoms with Crippen LogP contribution in [0.3, 0.4) is 0 Å². The smallest absolute Gasteiger partial charge is 0.222 e. The molecule has 20 heavy (non-hydrogen) atoms. The fourth-order valence-electron chi connectivity index (χ4n) is 2.57. The monoisotopic (exact) mass is 276 g/mol. The summed E-state index contributed by atoms with van der Waals surface area (Å²) in [4.78, 5) is 18.3. The van der Waals surface area contributed by atoms with Gasteiger partial charge in [0, 0.05) is 51.0 Å². The molecule has 2 rings (SSSR count). The summed E-state index contributed by atoms with van der Waals surface area (Å²) in [5, 5.41) is 3.13. The Bertz CT molecular complexity index is 433. The number of amides is 1. The van der Waals surface area contributed by atoms with Crippen LogP contribution in [-0.4, -0.2) is 46.0 Å². The van der Waals surface area contributed by atoms with E-state index in [1.165, 1.54) is 5.57 Å². The van der Waals surface area contributed by atoms with Gasteiger partial charge in [0.15, 0.2) is 0 Å². The third-order valence-electron chi connectivity index (χ3n) is 3.60. The first-order chi connectivity index (χ1) is 9.63. The van der Waals surface area contributed by atoms with Crippen molar-refractivity contribution in [1.82, 2.24) is 19.8 Å². The quantitative estimate of drug-likeness (QED) is 0.800. The Morgan fingerprint density at radius 3 is 2.80 bits per heavy atom. The molecule has 0 unspecified atom stereocenters. The van der Waals surface area contributed by atoms with E-state index in [-0.39, 0.29) is 5.91 Å². The normalized spacial score (nSPS) is 17.1. The predicted octanol–water partition coefficient (Wildman–Crippen LogP) is 1.43. The minimum absolute atomic E-state index is 0.136. The van der Waals surface area contributed by atoms with Gasteiger partial charge >= 0.3 is 0 Å². The summed E-state index contributed by atoms with van der Waals surface area (Å²) in [6.45, 7) is 9.76. The van der Waals surface area contributed by atoms with Crippen LogP contribution < -0.4 is 5.32 Å². The van der Waals surface area contributed by atoms with Crippen LogP contribution in [0.2, 0.25) is 0 Å². The molecular formula is C15H24N4O. The van der Waals surface area contributed by atoms with Gasteiger partial charge in [-0.2, -0.15) is 0 Å². The molecule has 2 heterocycles. The molecule has 1 N–H and O–H groups in total. The standard InChI is InChI=1S/C15H24N4O/c1-13(2)11-18-7-3-14(4-8-18)17-15(20)5-9-19-10-6-16-12-19/h6,10,12,14H,1,3-5,7-9,11H2,2H3,(H,17,20). The second-order valence-corrected chi connectivity index (χ2v) is 5.63. The van der Waals surface area contributed by atoms with Gasteiger partial charge < -0.3 is 9.88 Å². The van der Waals surface area contributed by atoms with Crippen molar-refractivity contribution < 1.29 is 4.79 Å². The maximum atomic E-state index is 11.9. The van der Waals surface area contributed by atoms with Gasteiger partial charge in [-0.05, 0) is 19.8 Å². The number of likely N-dealkylation sites (tertiary alicyclic amines) is 1. The van der Waals surface area contributed by atoms with Crippen molar-refractivity contribution >= 4 is 5.91 Å². The van der Waals surface area contributed by atoms with Gasteiger partial charge in [-0.3, -0.25) is 9.69 Å². The highest BCUT2D eigenvalue weighted by atomic mass is 16.1. The maximum absolute atomic E-state index is 11.9. The van der Waals surface area contributed by atoms with Gasteiger partial charge in [-0.15, -0.1) is 0 Å². The second-order valence-electron chi connectivity index (χ2n) is 5.63. The average molecular weight is 276 g/mol. The number of rotatable bonds is 6. The van der Waals surface area contributed by atoms with Crippen LogP contribution in [0.15, 0.2) is 30.9 Å². The molecule has 110 valence electrons. The highest BCUT2D eigenvalue weighted by molar-refractivity contribution is 5.76. The van der Waals surface area contributed by atoms with Crippen molar-refractivity contribution in [2.24, 2.45) is 0 Å². The number of nitrogens with zero attached hydrogens (tertiary/aromatic N) is 3. The Kier molecular flexibility index (Phi) is 5.35. The Balaban J connectivity index is 1.64. The average Bonchev–Trinajstić information content (AvgIpc) is 2.91. The molecule has 1 aromatic heterocycles. The van der Waals surface area contributed by atoms with Crippen LogP contribution in [0.4, 0.5) is 0 Å². The highest BCUT2D eigenvalue weighted by Gasteiger charge is 2.20. The fraction of sp³-hybridized carbons (Fsp3) is 0.600. The van der Waals surface area contributed by atoms with E-state index in [0.29, 0.717) is 19.0 Å².